The van der Waals surface area contributed by atoms with Crippen LogP contribution in [0.4, 0.5) is 0 Å². The van der Waals surface area contributed by atoms with Gasteiger partial charge in [0.05, 0.1) is 3.79 Å². The molecule has 1 aliphatic carbocycles. The number of aryl methyl sites for hydroxylation is 1. The molecule has 1 saturated heterocycles. The topological polar surface area (TPSA) is 15.3 Å². The Bertz CT molecular complexity index is 463. The lowest BCUT2D eigenvalue weighted by molar-refractivity contribution is 0.132. The molecule has 0 saturated carbocycles. The highest BCUT2D eigenvalue weighted by Crippen LogP contribution is 2.39. The van der Waals surface area contributed by atoms with Gasteiger partial charge in [0.25, 0.3) is 0 Å². The summed E-state index contributed by atoms with van der Waals surface area (Å²) in [5, 5.41) is 3.88. The fourth-order valence-electron chi connectivity index (χ4n) is 3.44. The van der Waals surface area contributed by atoms with Crippen molar-refractivity contribution in [2.45, 2.75) is 45.1 Å². The SMILES string of the molecule is CN1CCC(C)(CNC2CCCc3sc(Br)cc32)CC1. The van der Waals surface area contributed by atoms with Gasteiger partial charge in [0.15, 0.2) is 0 Å². The van der Waals surface area contributed by atoms with Crippen molar-refractivity contribution in [2.75, 3.05) is 26.7 Å². The fraction of sp³-hybridized carbons (Fsp3) is 0.750. The Morgan fingerprint density at radius 2 is 2.20 bits per heavy atom. The Labute approximate surface area is 135 Å². The second kappa shape index (κ2) is 6.07. The lowest BCUT2D eigenvalue weighted by atomic mass is 9.80. The number of nitrogens with one attached hydrogen (secondary N) is 1. The van der Waals surface area contributed by atoms with E-state index in [-0.39, 0.29) is 0 Å². The molecule has 1 unspecified atom stereocenters. The largest absolute Gasteiger partial charge is 0.309 e. The van der Waals surface area contributed by atoms with Gasteiger partial charge in [0, 0.05) is 17.5 Å². The molecule has 4 heteroatoms. The summed E-state index contributed by atoms with van der Waals surface area (Å²) in [5.74, 6) is 0. The molecule has 1 N–H and O–H groups in total. The molecule has 0 radical (unpaired) electrons. The van der Waals surface area contributed by atoms with E-state index in [1.54, 1.807) is 10.4 Å². The van der Waals surface area contributed by atoms with Crippen molar-refractivity contribution in [2.24, 2.45) is 5.41 Å². The summed E-state index contributed by atoms with van der Waals surface area (Å²) in [6, 6.07) is 2.92. The second-order valence-electron chi connectivity index (χ2n) is 6.87. The number of rotatable bonds is 3. The molecule has 2 nitrogen and oxygen atoms in total. The van der Waals surface area contributed by atoms with E-state index in [4.69, 9.17) is 0 Å². The van der Waals surface area contributed by atoms with E-state index < -0.39 is 0 Å². The molecule has 1 aromatic rings. The van der Waals surface area contributed by atoms with Gasteiger partial charge < -0.3 is 10.2 Å². The highest BCUT2D eigenvalue weighted by molar-refractivity contribution is 9.11. The molecule has 0 amide bonds. The van der Waals surface area contributed by atoms with Crippen LogP contribution in [-0.4, -0.2) is 31.6 Å². The monoisotopic (exact) mass is 356 g/mol. The van der Waals surface area contributed by atoms with Crippen LogP contribution in [0.5, 0.6) is 0 Å². The molecule has 1 aliphatic heterocycles. The zero-order chi connectivity index (χ0) is 14.2. The summed E-state index contributed by atoms with van der Waals surface area (Å²) >= 11 is 5.57. The standard InChI is InChI=1S/C16H25BrN2S/c1-16(6-8-19(2)9-7-16)11-18-13-4-3-5-14-12(13)10-15(17)20-14/h10,13,18H,3-9,11H2,1-2H3. The van der Waals surface area contributed by atoms with Gasteiger partial charge in [-0.25, -0.2) is 0 Å². The van der Waals surface area contributed by atoms with Crippen molar-refractivity contribution < 1.29 is 0 Å². The van der Waals surface area contributed by atoms with E-state index in [0.717, 1.165) is 0 Å². The van der Waals surface area contributed by atoms with Gasteiger partial charge in [-0.1, -0.05) is 6.92 Å². The second-order valence-corrected chi connectivity index (χ2v) is 9.38. The van der Waals surface area contributed by atoms with Crippen molar-refractivity contribution in [3.8, 4) is 0 Å². The minimum atomic E-state index is 0.484. The highest BCUT2D eigenvalue weighted by atomic mass is 79.9. The predicted octanol–water partition coefficient (Wildman–Crippen LogP) is 4.21. The van der Waals surface area contributed by atoms with Gasteiger partial charge in [0.1, 0.15) is 0 Å². The zero-order valence-corrected chi connectivity index (χ0v) is 14.9. The number of fused-ring (bicyclic) bond motifs is 1. The lowest BCUT2D eigenvalue weighted by Crippen LogP contribution is -2.43. The Hall–Kier alpha value is 0.100. The number of nitrogens with zero attached hydrogens (tertiary/aromatic N) is 1. The first-order chi connectivity index (χ1) is 9.56. The molecule has 1 aromatic heterocycles. The average molecular weight is 357 g/mol. The van der Waals surface area contributed by atoms with E-state index in [0.29, 0.717) is 11.5 Å². The summed E-state index contributed by atoms with van der Waals surface area (Å²) in [7, 11) is 2.24. The van der Waals surface area contributed by atoms with E-state index in [1.807, 2.05) is 11.3 Å². The Balaban J connectivity index is 1.62. The highest BCUT2D eigenvalue weighted by Gasteiger charge is 2.30. The first kappa shape index (κ1) is 15.0. The van der Waals surface area contributed by atoms with E-state index >= 15 is 0 Å². The van der Waals surface area contributed by atoms with Crippen molar-refractivity contribution in [1.29, 1.82) is 0 Å². The van der Waals surface area contributed by atoms with Gasteiger partial charge in [0.2, 0.25) is 0 Å². The van der Waals surface area contributed by atoms with Crippen LogP contribution in [0.25, 0.3) is 0 Å². The van der Waals surface area contributed by atoms with Gasteiger partial charge in [-0.05, 0) is 85.2 Å². The zero-order valence-electron chi connectivity index (χ0n) is 12.5. The van der Waals surface area contributed by atoms with Crippen molar-refractivity contribution >= 4 is 27.3 Å². The Morgan fingerprint density at radius 3 is 2.95 bits per heavy atom. The molecular formula is C16H25BrN2S. The van der Waals surface area contributed by atoms with Crippen LogP contribution in [0.1, 0.15) is 49.1 Å². The van der Waals surface area contributed by atoms with Crippen molar-refractivity contribution in [1.82, 2.24) is 10.2 Å². The van der Waals surface area contributed by atoms with Crippen LogP contribution in [0.15, 0.2) is 9.85 Å². The summed E-state index contributed by atoms with van der Waals surface area (Å²) in [4.78, 5) is 4.05. The number of hydrogen-bond donors (Lipinski definition) is 1. The smallest absolute Gasteiger partial charge is 0.0704 e. The molecule has 1 fully saturated rings. The molecule has 2 aliphatic rings. The van der Waals surface area contributed by atoms with Gasteiger partial charge >= 0.3 is 0 Å². The van der Waals surface area contributed by atoms with Crippen LogP contribution in [0, 0.1) is 5.41 Å². The lowest BCUT2D eigenvalue weighted by Gasteiger charge is -2.39. The number of piperidine rings is 1. The van der Waals surface area contributed by atoms with E-state index in [9.17, 15) is 0 Å². The van der Waals surface area contributed by atoms with Crippen molar-refractivity contribution in [3.05, 3.63) is 20.3 Å². The number of thiophene rings is 1. The van der Waals surface area contributed by atoms with E-state index in [2.05, 4.69) is 46.2 Å². The van der Waals surface area contributed by atoms with Crippen LogP contribution in [0.3, 0.4) is 0 Å². The molecule has 20 heavy (non-hydrogen) atoms. The first-order valence-corrected chi connectivity index (χ1v) is 9.37. The molecule has 0 spiro atoms. The maximum absolute atomic E-state index is 3.88. The number of hydrogen-bond acceptors (Lipinski definition) is 3. The molecule has 2 heterocycles. The average Bonchev–Trinajstić information content (AvgIpc) is 2.81. The molecular weight excluding hydrogens is 332 g/mol. The van der Waals surface area contributed by atoms with Crippen LogP contribution in [-0.2, 0) is 6.42 Å². The fourth-order valence-corrected chi connectivity index (χ4v) is 5.26. The molecule has 112 valence electrons. The molecule has 1 atom stereocenters. The predicted molar refractivity (Wildman–Crippen MR) is 90.5 cm³/mol. The maximum Gasteiger partial charge on any atom is 0.0704 e. The summed E-state index contributed by atoms with van der Waals surface area (Å²) in [5.41, 5.74) is 2.04. The summed E-state index contributed by atoms with van der Waals surface area (Å²) in [6.07, 6.45) is 6.54. The quantitative estimate of drug-likeness (QED) is 0.872. The number of halogens is 1. The number of likely N-dealkylation sites (tertiary alicyclic amines) is 1. The van der Waals surface area contributed by atoms with E-state index in [1.165, 1.54) is 55.5 Å². The molecule has 0 aromatic carbocycles. The van der Waals surface area contributed by atoms with Gasteiger partial charge in [-0.15, -0.1) is 11.3 Å². The van der Waals surface area contributed by atoms with Crippen LogP contribution >= 0.6 is 27.3 Å². The normalized spacial score (nSPS) is 26.4. The van der Waals surface area contributed by atoms with Gasteiger partial charge in [-0.2, -0.15) is 0 Å². The summed E-state index contributed by atoms with van der Waals surface area (Å²) in [6.45, 7) is 6.12. The molecule has 0 bridgehead atoms. The van der Waals surface area contributed by atoms with Crippen LogP contribution < -0.4 is 5.32 Å². The minimum absolute atomic E-state index is 0.484. The Morgan fingerprint density at radius 1 is 1.45 bits per heavy atom. The minimum Gasteiger partial charge on any atom is -0.309 e. The first-order valence-electron chi connectivity index (χ1n) is 7.76. The van der Waals surface area contributed by atoms with Crippen LogP contribution in [0.2, 0.25) is 0 Å². The van der Waals surface area contributed by atoms with Gasteiger partial charge in [-0.3, -0.25) is 0 Å². The third-order valence-corrected chi connectivity index (χ3v) is 6.77. The Kier molecular flexibility index (Phi) is 4.56. The summed E-state index contributed by atoms with van der Waals surface area (Å²) < 4.78 is 1.29. The third kappa shape index (κ3) is 3.29. The molecule has 3 rings (SSSR count). The maximum atomic E-state index is 3.88. The van der Waals surface area contributed by atoms with Crippen molar-refractivity contribution in [3.63, 3.8) is 0 Å². The third-order valence-electron chi connectivity index (χ3n) is 5.05.